The van der Waals surface area contributed by atoms with E-state index in [1.807, 2.05) is 0 Å². The Hall–Kier alpha value is -0.830. The van der Waals surface area contributed by atoms with E-state index in [-0.39, 0.29) is 12.5 Å². The third kappa shape index (κ3) is 17.1. The second-order valence-corrected chi connectivity index (χ2v) is 5.90. The highest BCUT2D eigenvalue weighted by molar-refractivity contribution is 5.66. The molecule has 3 nitrogen and oxygen atoms in total. The summed E-state index contributed by atoms with van der Waals surface area (Å²) >= 11 is 0. The molecule has 0 amide bonds. The molecule has 3 heteroatoms. The number of carboxylic acid groups (broad SMARTS) is 1. The molecular formula is C18H34O3. The number of carboxylic acids is 1. The van der Waals surface area contributed by atoms with Crippen molar-refractivity contribution in [1.82, 2.24) is 0 Å². The summed E-state index contributed by atoms with van der Waals surface area (Å²) in [6.45, 7) is 2.24. The van der Waals surface area contributed by atoms with Crippen molar-refractivity contribution < 1.29 is 15.0 Å². The van der Waals surface area contributed by atoms with Gasteiger partial charge in [-0.3, -0.25) is 4.79 Å². The number of hydrogen-bond donors (Lipinski definition) is 2. The van der Waals surface area contributed by atoms with E-state index in [4.69, 9.17) is 5.11 Å². The summed E-state index contributed by atoms with van der Waals surface area (Å²) in [4.78, 5) is 10.3. The Morgan fingerprint density at radius 3 is 2.14 bits per heavy atom. The lowest BCUT2D eigenvalue weighted by Crippen LogP contribution is -2.07. The average molecular weight is 298 g/mol. The Morgan fingerprint density at radius 2 is 1.48 bits per heavy atom. The van der Waals surface area contributed by atoms with E-state index in [0.29, 0.717) is 12.8 Å². The molecule has 0 aliphatic heterocycles. The number of aliphatic carboxylic acids is 1. The molecule has 0 radical (unpaired) electrons. The van der Waals surface area contributed by atoms with Crippen LogP contribution in [0.4, 0.5) is 0 Å². The standard InChI is InChI=1S/C18H34O3/c1-2-3-4-5-6-7-8-9-10-11-12-14-17(19)15-13-16-18(20)21/h9-10,17,19H,2-8,11-16H2,1H3,(H,20,21)/b10-9-. The maximum Gasteiger partial charge on any atom is 0.303 e. The van der Waals surface area contributed by atoms with Gasteiger partial charge in [0.2, 0.25) is 0 Å². The predicted octanol–water partition coefficient (Wildman–Crippen LogP) is 5.08. The fourth-order valence-electron chi connectivity index (χ4n) is 2.38. The van der Waals surface area contributed by atoms with Crippen molar-refractivity contribution in [3.8, 4) is 0 Å². The van der Waals surface area contributed by atoms with Crippen molar-refractivity contribution in [3.05, 3.63) is 12.2 Å². The highest BCUT2D eigenvalue weighted by atomic mass is 16.4. The zero-order valence-corrected chi connectivity index (χ0v) is 13.7. The van der Waals surface area contributed by atoms with Crippen LogP contribution in [0.25, 0.3) is 0 Å². The number of aliphatic hydroxyl groups excluding tert-OH is 1. The Balaban J connectivity index is 3.25. The number of aliphatic hydroxyl groups is 1. The van der Waals surface area contributed by atoms with Crippen molar-refractivity contribution in [2.45, 2.75) is 96.5 Å². The average Bonchev–Trinajstić information content (AvgIpc) is 2.44. The summed E-state index contributed by atoms with van der Waals surface area (Å²) in [6.07, 6.45) is 17.5. The van der Waals surface area contributed by atoms with Crippen LogP contribution in [0.3, 0.4) is 0 Å². The van der Waals surface area contributed by atoms with Crippen LogP contribution in [-0.2, 0) is 4.79 Å². The monoisotopic (exact) mass is 298 g/mol. The third-order valence-corrected chi connectivity index (χ3v) is 3.73. The van der Waals surface area contributed by atoms with E-state index < -0.39 is 5.97 Å². The lowest BCUT2D eigenvalue weighted by molar-refractivity contribution is -0.137. The second kappa shape index (κ2) is 15.6. The lowest BCUT2D eigenvalue weighted by Gasteiger charge is -2.08. The van der Waals surface area contributed by atoms with Gasteiger partial charge in [0.25, 0.3) is 0 Å². The number of hydrogen-bond acceptors (Lipinski definition) is 2. The zero-order chi connectivity index (χ0) is 15.8. The van der Waals surface area contributed by atoms with Crippen LogP contribution in [0.5, 0.6) is 0 Å². The molecule has 0 saturated heterocycles. The zero-order valence-electron chi connectivity index (χ0n) is 13.7. The van der Waals surface area contributed by atoms with E-state index in [2.05, 4.69) is 19.1 Å². The van der Waals surface area contributed by atoms with Crippen LogP contribution >= 0.6 is 0 Å². The Labute approximate surface area is 130 Å². The van der Waals surface area contributed by atoms with Gasteiger partial charge >= 0.3 is 5.97 Å². The molecule has 0 aromatic heterocycles. The fourth-order valence-corrected chi connectivity index (χ4v) is 2.38. The molecule has 0 spiro atoms. The quantitative estimate of drug-likeness (QED) is 0.327. The van der Waals surface area contributed by atoms with Gasteiger partial charge < -0.3 is 10.2 Å². The van der Waals surface area contributed by atoms with Crippen LogP contribution < -0.4 is 0 Å². The molecule has 0 rings (SSSR count). The molecule has 0 aromatic rings. The molecule has 0 saturated carbocycles. The van der Waals surface area contributed by atoms with Gasteiger partial charge in [-0.25, -0.2) is 0 Å². The molecule has 1 unspecified atom stereocenters. The van der Waals surface area contributed by atoms with Gasteiger partial charge in [0.05, 0.1) is 6.10 Å². The Kier molecular flexibility index (Phi) is 14.9. The van der Waals surface area contributed by atoms with Gasteiger partial charge in [0, 0.05) is 6.42 Å². The molecule has 2 N–H and O–H groups in total. The van der Waals surface area contributed by atoms with Gasteiger partial charge in [0.15, 0.2) is 0 Å². The predicted molar refractivity (Wildman–Crippen MR) is 88.5 cm³/mol. The first-order chi connectivity index (χ1) is 10.2. The van der Waals surface area contributed by atoms with Gasteiger partial charge in [-0.2, -0.15) is 0 Å². The van der Waals surface area contributed by atoms with Crippen LogP contribution in [0.15, 0.2) is 12.2 Å². The first-order valence-corrected chi connectivity index (χ1v) is 8.71. The molecule has 124 valence electrons. The number of allylic oxidation sites excluding steroid dienone is 2. The summed E-state index contributed by atoms with van der Waals surface area (Å²) in [5.41, 5.74) is 0. The molecule has 1 atom stereocenters. The van der Waals surface area contributed by atoms with E-state index in [1.165, 1.54) is 44.9 Å². The maximum atomic E-state index is 10.3. The summed E-state index contributed by atoms with van der Waals surface area (Å²) in [5.74, 6) is -0.778. The largest absolute Gasteiger partial charge is 0.481 e. The molecule has 0 bridgehead atoms. The summed E-state index contributed by atoms with van der Waals surface area (Å²) < 4.78 is 0. The van der Waals surface area contributed by atoms with Gasteiger partial charge in [-0.05, 0) is 44.9 Å². The first-order valence-electron chi connectivity index (χ1n) is 8.71. The topological polar surface area (TPSA) is 57.5 Å². The highest BCUT2D eigenvalue weighted by Gasteiger charge is 2.04. The minimum Gasteiger partial charge on any atom is -0.481 e. The molecule has 0 heterocycles. The highest BCUT2D eigenvalue weighted by Crippen LogP contribution is 2.10. The van der Waals surface area contributed by atoms with Crippen LogP contribution in [-0.4, -0.2) is 22.3 Å². The summed E-state index contributed by atoms with van der Waals surface area (Å²) in [6, 6.07) is 0. The maximum absolute atomic E-state index is 10.3. The van der Waals surface area contributed by atoms with Gasteiger partial charge in [0.1, 0.15) is 0 Å². The molecular weight excluding hydrogens is 264 g/mol. The van der Waals surface area contributed by atoms with Gasteiger partial charge in [-0.15, -0.1) is 0 Å². The molecule has 21 heavy (non-hydrogen) atoms. The molecule has 0 fully saturated rings. The van der Waals surface area contributed by atoms with Crippen molar-refractivity contribution in [2.24, 2.45) is 0 Å². The number of carbonyl (C=O) groups is 1. The molecule has 0 aliphatic rings. The molecule has 0 aromatic carbocycles. The smallest absolute Gasteiger partial charge is 0.303 e. The summed E-state index contributed by atoms with van der Waals surface area (Å²) in [7, 11) is 0. The number of rotatable bonds is 15. The van der Waals surface area contributed by atoms with E-state index >= 15 is 0 Å². The van der Waals surface area contributed by atoms with Crippen molar-refractivity contribution >= 4 is 5.97 Å². The minimum atomic E-state index is -0.778. The lowest BCUT2D eigenvalue weighted by atomic mass is 10.1. The normalized spacial score (nSPS) is 12.9. The molecule has 0 aliphatic carbocycles. The van der Waals surface area contributed by atoms with Crippen LogP contribution in [0, 0.1) is 0 Å². The van der Waals surface area contributed by atoms with Crippen molar-refractivity contribution in [3.63, 3.8) is 0 Å². The van der Waals surface area contributed by atoms with E-state index in [0.717, 1.165) is 19.3 Å². The Morgan fingerprint density at radius 1 is 0.905 bits per heavy atom. The fraction of sp³-hybridized carbons (Fsp3) is 0.833. The summed E-state index contributed by atoms with van der Waals surface area (Å²) in [5, 5.41) is 18.2. The minimum absolute atomic E-state index is 0.162. The van der Waals surface area contributed by atoms with Crippen LogP contribution in [0.1, 0.15) is 90.4 Å². The van der Waals surface area contributed by atoms with Crippen molar-refractivity contribution in [1.29, 1.82) is 0 Å². The second-order valence-electron chi connectivity index (χ2n) is 5.90. The number of unbranched alkanes of at least 4 members (excludes halogenated alkanes) is 7. The van der Waals surface area contributed by atoms with E-state index in [9.17, 15) is 9.90 Å². The van der Waals surface area contributed by atoms with Crippen LogP contribution in [0.2, 0.25) is 0 Å². The SMILES string of the molecule is CCCCCCCC/C=C\CCCC(O)CCCC(=O)O. The third-order valence-electron chi connectivity index (χ3n) is 3.73. The van der Waals surface area contributed by atoms with Gasteiger partial charge in [-0.1, -0.05) is 51.2 Å². The van der Waals surface area contributed by atoms with E-state index in [1.54, 1.807) is 0 Å². The first kappa shape index (κ1) is 20.2. The Bertz CT molecular complexity index is 261. The van der Waals surface area contributed by atoms with Crippen molar-refractivity contribution in [2.75, 3.05) is 0 Å².